The van der Waals surface area contributed by atoms with Crippen molar-refractivity contribution in [2.24, 2.45) is 7.05 Å². The van der Waals surface area contributed by atoms with E-state index in [2.05, 4.69) is 10.3 Å². The standard InChI is InChI=1S/C15H17F3N4O2/c1-3-9-7-12(24-20-9)10-5-4-6-22(10)14(23)11-8-13(15(16,17)18)19-21(11)2/h7-8,10H,3-6H2,1-2H3/t10-/m1/s1. The Kier molecular flexibility index (Phi) is 4.10. The minimum absolute atomic E-state index is 0.0931. The topological polar surface area (TPSA) is 64.2 Å². The summed E-state index contributed by atoms with van der Waals surface area (Å²) < 4.78 is 44.6. The molecule has 0 aliphatic carbocycles. The van der Waals surface area contributed by atoms with Crippen LogP contribution < -0.4 is 0 Å². The van der Waals surface area contributed by atoms with Crippen molar-refractivity contribution in [1.82, 2.24) is 19.8 Å². The number of nitrogens with zero attached hydrogens (tertiary/aromatic N) is 4. The van der Waals surface area contributed by atoms with Crippen molar-refractivity contribution in [3.63, 3.8) is 0 Å². The average Bonchev–Trinajstić information content (AvgIpc) is 3.24. The summed E-state index contributed by atoms with van der Waals surface area (Å²) in [5.74, 6) is 0.0772. The molecule has 0 bridgehead atoms. The maximum Gasteiger partial charge on any atom is 0.435 e. The molecular formula is C15H17F3N4O2. The molecule has 0 radical (unpaired) electrons. The van der Waals surface area contributed by atoms with Crippen molar-refractivity contribution in [3.05, 3.63) is 35.0 Å². The number of amides is 1. The Morgan fingerprint density at radius 1 is 1.42 bits per heavy atom. The largest absolute Gasteiger partial charge is 0.435 e. The molecule has 130 valence electrons. The van der Waals surface area contributed by atoms with Gasteiger partial charge in [-0.2, -0.15) is 18.3 Å². The van der Waals surface area contributed by atoms with Gasteiger partial charge in [-0.05, 0) is 19.3 Å². The van der Waals surface area contributed by atoms with E-state index < -0.39 is 17.8 Å². The Morgan fingerprint density at radius 3 is 2.75 bits per heavy atom. The highest BCUT2D eigenvalue weighted by Crippen LogP contribution is 2.34. The molecule has 1 saturated heterocycles. The minimum atomic E-state index is -4.58. The molecule has 1 atom stereocenters. The summed E-state index contributed by atoms with van der Waals surface area (Å²) in [6.45, 7) is 2.39. The number of aromatic nitrogens is 3. The molecule has 1 aliphatic heterocycles. The number of carbonyl (C=O) groups excluding carboxylic acids is 1. The molecule has 6 nitrogen and oxygen atoms in total. The molecule has 9 heteroatoms. The van der Waals surface area contributed by atoms with Crippen molar-refractivity contribution in [3.8, 4) is 0 Å². The number of hydrogen-bond donors (Lipinski definition) is 0. The van der Waals surface area contributed by atoms with Crippen LogP contribution in [-0.2, 0) is 19.6 Å². The average molecular weight is 342 g/mol. The molecule has 2 aromatic heterocycles. The molecule has 0 spiro atoms. The van der Waals surface area contributed by atoms with Gasteiger partial charge in [-0.3, -0.25) is 9.48 Å². The van der Waals surface area contributed by atoms with Gasteiger partial charge in [-0.1, -0.05) is 12.1 Å². The molecule has 2 aromatic rings. The van der Waals surface area contributed by atoms with Crippen molar-refractivity contribution < 1.29 is 22.5 Å². The van der Waals surface area contributed by atoms with Crippen LogP contribution in [0.5, 0.6) is 0 Å². The van der Waals surface area contributed by atoms with Crippen molar-refractivity contribution in [1.29, 1.82) is 0 Å². The molecule has 0 saturated carbocycles. The molecular weight excluding hydrogens is 325 g/mol. The van der Waals surface area contributed by atoms with E-state index in [9.17, 15) is 18.0 Å². The third-order valence-electron chi connectivity index (χ3n) is 4.17. The second-order valence-corrected chi connectivity index (χ2v) is 5.77. The van der Waals surface area contributed by atoms with Crippen molar-refractivity contribution >= 4 is 5.91 Å². The highest BCUT2D eigenvalue weighted by molar-refractivity contribution is 5.93. The zero-order chi connectivity index (χ0) is 17.5. The smallest absolute Gasteiger partial charge is 0.359 e. The quantitative estimate of drug-likeness (QED) is 0.860. The number of hydrogen-bond acceptors (Lipinski definition) is 4. The van der Waals surface area contributed by atoms with Crippen molar-refractivity contribution in [2.75, 3.05) is 6.54 Å². The Hall–Kier alpha value is -2.32. The highest BCUT2D eigenvalue weighted by Gasteiger charge is 2.38. The SMILES string of the molecule is CCc1cc([C@H]2CCCN2C(=O)c2cc(C(F)(F)F)nn2C)on1. The first kappa shape index (κ1) is 16.5. The van der Waals surface area contributed by atoms with Crippen LogP contribution in [0.1, 0.15) is 53.4 Å². The van der Waals surface area contributed by atoms with Gasteiger partial charge in [0.1, 0.15) is 5.69 Å². The van der Waals surface area contributed by atoms with Gasteiger partial charge in [0.05, 0.1) is 11.7 Å². The fourth-order valence-corrected chi connectivity index (χ4v) is 2.91. The van der Waals surface area contributed by atoms with Gasteiger partial charge >= 0.3 is 6.18 Å². The first-order valence-corrected chi connectivity index (χ1v) is 7.69. The number of halogens is 3. The lowest BCUT2D eigenvalue weighted by molar-refractivity contribution is -0.141. The second-order valence-electron chi connectivity index (χ2n) is 5.77. The maximum absolute atomic E-state index is 12.8. The van der Waals surface area contributed by atoms with Gasteiger partial charge in [0.15, 0.2) is 11.5 Å². The summed E-state index contributed by atoms with van der Waals surface area (Å²) >= 11 is 0. The minimum Gasteiger partial charge on any atom is -0.359 e. The molecule has 24 heavy (non-hydrogen) atoms. The normalized spacial score (nSPS) is 18.4. The summed E-state index contributed by atoms with van der Waals surface area (Å²) in [5.41, 5.74) is -0.384. The highest BCUT2D eigenvalue weighted by atomic mass is 19.4. The van der Waals surface area contributed by atoms with Crippen LogP contribution in [0.15, 0.2) is 16.7 Å². The molecule has 1 amide bonds. The Labute approximate surface area is 136 Å². The Morgan fingerprint density at radius 2 is 2.17 bits per heavy atom. The van der Waals surface area contributed by atoms with Gasteiger partial charge in [0.25, 0.3) is 5.91 Å². The van der Waals surface area contributed by atoms with E-state index in [0.29, 0.717) is 25.1 Å². The van der Waals surface area contributed by atoms with Crippen LogP contribution in [0, 0.1) is 0 Å². The van der Waals surface area contributed by atoms with E-state index >= 15 is 0 Å². The molecule has 1 aliphatic rings. The predicted octanol–water partition coefficient (Wildman–Crippen LogP) is 2.97. The van der Waals surface area contributed by atoms with Crippen LogP contribution >= 0.6 is 0 Å². The van der Waals surface area contributed by atoms with E-state index in [1.165, 1.54) is 11.9 Å². The van der Waals surface area contributed by atoms with Crippen LogP contribution in [0.3, 0.4) is 0 Å². The monoisotopic (exact) mass is 342 g/mol. The van der Waals surface area contributed by atoms with E-state index in [1.807, 2.05) is 6.92 Å². The Bertz CT molecular complexity index is 750. The first-order chi connectivity index (χ1) is 11.3. The van der Waals surface area contributed by atoms with Gasteiger partial charge in [-0.25, -0.2) is 0 Å². The molecule has 1 fully saturated rings. The summed E-state index contributed by atoms with van der Waals surface area (Å²) in [6.07, 6.45) is -2.43. The Balaban J connectivity index is 1.87. The molecule has 0 unspecified atom stereocenters. The molecule has 0 aromatic carbocycles. The van der Waals surface area contributed by atoms with Crippen LogP contribution in [0.25, 0.3) is 0 Å². The fraction of sp³-hybridized carbons (Fsp3) is 0.533. The van der Waals surface area contributed by atoms with Gasteiger partial charge in [0, 0.05) is 25.7 Å². The van der Waals surface area contributed by atoms with Crippen LogP contribution in [-0.4, -0.2) is 32.3 Å². The number of rotatable bonds is 3. The lowest BCUT2D eigenvalue weighted by Gasteiger charge is -2.22. The summed E-state index contributed by atoms with van der Waals surface area (Å²) in [6, 6.07) is 2.27. The predicted molar refractivity (Wildman–Crippen MR) is 77.1 cm³/mol. The summed E-state index contributed by atoms with van der Waals surface area (Å²) in [4.78, 5) is 14.2. The van der Waals surface area contributed by atoms with Crippen LogP contribution in [0.4, 0.5) is 13.2 Å². The third-order valence-corrected chi connectivity index (χ3v) is 4.17. The molecule has 3 heterocycles. The fourth-order valence-electron chi connectivity index (χ4n) is 2.91. The first-order valence-electron chi connectivity index (χ1n) is 7.69. The zero-order valence-electron chi connectivity index (χ0n) is 13.3. The summed E-state index contributed by atoms with van der Waals surface area (Å²) in [5, 5.41) is 7.32. The molecule has 0 N–H and O–H groups in total. The van der Waals surface area contributed by atoms with Crippen LogP contribution in [0.2, 0.25) is 0 Å². The zero-order valence-corrected chi connectivity index (χ0v) is 13.3. The van der Waals surface area contributed by atoms with Gasteiger partial charge in [0.2, 0.25) is 0 Å². The summed E-state index contributed by atoms with van der Waals surface area (Å²) in [7, 11) is 1.33. The van der Waals surface area contributed by atoms with E-state index in [1.54, 1.807) is 6.07 Å². The van der Waals surface area contributed by atoms with Gasteiger partial charge < -0.3 is 9.42 Å². The van der Waals surface area contributed by atoms with E-state index in [0.717, 1.165) is 22.9 Å². The van der Waals surface area contributed by atoms with Gasteiger partial charge in [-0.15, -0.1) is 0 Å². The maximum atomic E-state index is 12.8. The lowest BCUT2D eigenvalue weighted by atomic mass is 10.1. The number of alkyl halides is 3. The number of aryl methyl sites for hydroxylation is 2. The second kappa shape index (κ2) is 5.95. The number of carbonyl (C=O) groups is 1. The lowest BCUT2D eigenvalue weighted by Crippen LogP contribution is -2.31. The third kappa shape index (κ3) is 2.90. The van der Waals surface area contributed by atoms with E-state index in [4.69, 9.17) is 4.52 Å². The number of likely N-dealkylation sites (tertiary alicyclic amines) is 1. The van der Waals surface area contributed by atoms with Crippen molar-refractivity contribution in [2.45, 2.75) is 38.4 Å². The van der Waals surface area contributed by atoms with E-state index in [-0.39, 0.29) is 11.7 Å². The molecule has 3 rings (SSSR count).